The second-order valence-corrected chi connectivity index (χ2v) is 7.57. The fraction of sp³-hybridized carbons (Fsp3) is 0.143. The smallest absolute Gasteiger partial charge is 0.264 e. The molecule has 3 N–H and O–H groups in total. The molecule has 0 spiro atoms. The maximum atomic E-state index is 13.3. The number of nitrogens with two attached hydrogens (primary N) is 1. The van der Waals surface area contributed by atoms with Crippen LogP contribution in [0.4, 0.5) is 15.9 Å². The van der Waals surface area contributed by atoms with Crippen molar-refractivity contribution < 1.29 is 13.7 Å². The molecule has 2 aromatic carbocycles. The van der Waals surface area contributed by atoms with Crippen molar-refractivity contribution >= 4 is 29.2 Å². The molecular formula is C21H19FN6O2S. The molecule has 8 nitrogen and oxygen atoms in total. The third-order valence-electron chi connectivity index (χ3n) is 4.47. The number of anilines is 2. The summed E-state index contributed by atoms with van der Waals surface area (Å²) in [6.07, 6.45) is 1.83. The van der Waals surface area contributed by atoms with Crippen LogP contribution >= 0.6 is 11.8 Å². The Morgan fingerprint density at radius 3 is 2.81 bits per heavy atom. The number of aromatic nitrogens is 4. The summed E-state index contributed by atoms with van der Waals surface area (Å²) in [5, 5.41) is 11.6. The first-order chi connectivity index (χ1) is 14.9. The van der Waals surface area contributed by atoms with Gasteiger partial charge in [-0.25, -0.2) is 9.07 Å². The van der Waals surface area contributed by atoms with E-state index < -0.39 is 11.7 Å². The predicted molar refractivity (Wildman–Crippen MR) is 117 cm³/mol. The highest BCUT2D eigenvalue weighted by atomic mass is 32.2. The van der Waals surface area contributed by atoms with E-state index in [0.717, 1.165) is 11.1 Å². The Morgan fingerprint density at radius 1 is 1.26 bits per heavy atom. The lowest BCUT2D eigenvalue weighted by atomic mass is 10.1. The third-order valence-corrected chi connectivity index (χ3v) is 5.14. The minimum atomic E-state index is -0.441. The summed E-state index contributed by atoms with van der Waals surface area (Å²) in [5.74, 6) is 0.0317. The number of thioether (sulfide) groups is 1. The van der Waals surface area contributed by atoms with E-state index in [0.29, 0.717) is 22.1 Å². The first-order valence-corrected chi connectivity index (χ1v) is 10.5. The molecule has 2 aromatic heterocycles. The second kappa shape index (κ2) is 8.60. The third kappa shape index (κ3) is 4.43. The maximum absolute atomic E-state index is 13.3. The van der Waals surface area contributed by atoms with Crippen molar-refractivity contribution in [1.82, 2.24) is 19.9 Å². The second-order valence-electron chi connectivity index (χ2n) is 6.78. The lowest BCUT2D eigenvalue weighted by Crippen LogP contribution is -2.20. The number of hydrogen-bond donors (Lipinski definition) is 2. The molecule has 0 saturated carbocycles. The van der Waals surface area contributed by atoms with Crippen molar-refractivity contribution in [3.63, 3.8) is 0 Å². The van der Waals surface area contributed by atoms with Crippen molar-refractivity contribution in [3.8, 4) is 22.8 Å². The van der Waals surface area contributed by atoms with Crippen LogP contribution in [0.3, 0.4) is 0 Å². The topological polar surface area (TPSA) is 112 Å². The number of benzene rings is 2. The van der Waals surface area contributed by atoms with E-state index in [-0.39, 0.29) is 18.3 Å². The molecule has 1 amide bonds. The van der Waals surface area contributed by atoms with Crippen LogP contribution in [0.15, 0.2) is 58.1 Å². The molecule has 10 heteroatoms. The Hall–Kier alpha value is -3.66. The number of carbonyl (C=O) groups is 1. The van der Waals surface area contributed by atoms with Gasteiger partial charge in [0.05, 0.1) is 0 Å². The zero-order valence-electron chi connectivity index (χ0n) is 16.8. The highest BCUT2D eigenvalue weighted by molar-refractivity contribution is 7.98. The zero-order valence-corrected chi connectivity index (χ0v) is 17.6. The molecule has 4 rings (SSSR count). The molecule has 0 saturated heterocycles. The summed E-state index contributed by atoms with van der Waals surface area (Å²) in [6.45, 7) is 1.82. The van der Waals surface area contributed by atoms with Crippen LogP contribution < -0.4 is 11.1 Å². The van der Waals surface area contributed by atoms with Crippen LogP contribution in [0.25, 0.3) is 22.8 Å². The minimum absolute atomic E-state index is 0.158. The standard InChI is InChI=1S/C21H19FN6O2S/c1-12-5-3-6-13(9-12)19-25-20(30-27-19)17-18(23)28(26-21(17)31-2)11-16(29)24-15-8-4-7-14(22)10-15/h3-10H,11,23H2,1-2H3,(H,24,29). The highest BCUT2D eigenvalue weighted by Gasteiger charge is 2.23. The van der Waals surface area contributed by atoms with Crippen molar-refractivity contribution in [1.29, 1.82) is 0 Å². The number of rotatable bonds is 6. The van der Waals surface area contributed by atoms with Gasteiger partial charge in [-0.1, -0.05) is 35.0 Å². The molecule has 0 bridgehead atoms. The first-order valence-electron chi connectivity index (χ1n) is 9.31. The van der Waals surface area contributed by atoms with E-state index in [1.165, 1.54) is 34.6 Å². The van der Waals surface area contributed by atoms with Gasteiger partial charge in [0, 0.05) is 11.3 Å². The van der Waals surface area contributed by atoms with E-state index in [4.69, 9.17) is 10.3 Å². The van der Waals surface area contributed by atoms with Crippen LogP contribution in [0.2, 0.25) is 0 Å². The number of amides is 1. The molecule has 0 aliphatic heterocycles. The van der Waals surface area contributed by atoms with Gasteiger partial charge in [-0.3, -0.25) is 4.79 Å². The van der Waals surface area contributed by atoms with Gasteiger partial charge >= 0.3 is 0 Å². The fourth-order valence-corrected chi connectivity index (χ4v) is 3.62. The van der Waals surface area contributed by atoms with E-state index in [9.17, 15) is 9.18 Å². The number of nitrogens with zero attached hydrogens (tertiary/aromatic N) is 4. The van der Waals surface area contributed by atoms with Crippen molar-refractivity contribution in [3.05, 3.63) is 59.9 Å². The predicted octanol–water partition coefficient (Wildman–Crippen LogP) is 3.99. The summed E-state index contributed by atoms with van der Waals surface area (Å²) in [4.78, 5) is 16.9. The average molecular weight is 438 g/mol. The Kier molecular flexibility index (Phi) is 5.72. The Morgan fingerprint density at radius 2 is 2.06 bits per heavy atom. The van der Waals surface area contributed by atoms with Crippen molar-refractivity contribution in [2.75, 3.05) is 17.3 Å². The number of nitrogen functional groups attached to an aromatic ring is 1. The van der Waals surface area contributed by atoms with Gasteiger partial charge in [0.25, 0.3) is 5.89 Å². The van der Waals surface area contributed by atoms with Crippen LogP contribution in [-0.2, 0) is 11.3 Å². The van der Waals surface area contributed by atoms with Gasteiger partial charge in [0.2, 0.25) is 11.7 Å². The van der Waals surface area contributed by atoms with Gasteiger partial charge in [-0.2, -0.15) is 10.1 Å². The Bertz CT molecular complexity index is 1250. The normalized spacial score (nSPS) is 10.9. The van der Waals surface area contributed by atoms with E-state index in [2.05, 4.69) is 20.6 Å². The molecule has 0 radical (unpaired) electrons. The Balaban J connectivity index is 1.59. The molecule has 0 unspecified atom stereocenters. The molecular weight excluding hydrogens is 419 g/mol. The number of halogens is 1. The van der Waals surface area contributed by atoms with Crippen molar-refractivity contribution in [2.45, 2.75) is 18.5 Å². The van der Waals surface area contributed by atoms with Crippen LogP contribution in [0, 0.1) is 12.7 Å². The number of aryl methyl sites for hydroxylation is 1. The quantitative estimate of drug-likeness (QED) is 0.438. The molecule has 31 heavy (non-hydrogen) atoms. The van der Waals surface area contributed by atoms with Crippen LogP contribution in [0.5, 0.6) is 0 Å². The van der Waals surface area contributed by atoms with Crippen LogP contribution in [-0.4, -0.2) is 32.1 Å². The largest absolute Gasteiger partial charge is 0.383 e. The van der Waals surface area contributed by atoms with Crippen LogP contribution in [0.1, 0.15) is 5.56 Å². The summed E-state index contributed by atoms with van der Waals surface area (Å²) < 4.78 is 20.1. The van der Waals surface area contributed by atoms with Gasteiger partial charge in [0.15, 0.2) is 0 Å². The first kappa shape index (κ1) is 20.6. The lowest BCUT2D eigenvalue weighted by molar-refractivity contribution is -0.116. The summed E-state index contributed by atoms with van der Waals surface area (Å²) in [5.41, 5.74) is 8.98. The molecule has 4 aromatic rings. The number of hydrogen-bond acceptors (Lipinski definition) is 7. The van der Waals surface area contributed by atoms with Gasteiger partial charge in [-0.05, 0) is 37.4 Å². The monoisotopic (exact) mass is 438 g/mol. The van der Waals surface area contributed by atoms with Gasteiger partial charge < -0.3 is 15.6 Å². The van der Waals surface area contributed by atoms with E-state index in [1.54, 1.807) is 6.07 Å². The lowest BCUT2D eigenvalue weighted by Gasteiger charge is -2.06. The molecule has 2 heterocycles. The number of carbonyl (C=O) groups excluding carboxylic acids is 1. The van der Waals surface area contributed by atoms with E-state index >= 15 is 0 Å². The molecule has 0 aliphatic carbocycles. The van der Waals surface area contributed by atoms with Crippen molar-refractivity contribution in [2.24, 2.45) is 0 Å². The average Bonchev–Trinajstić information content (AvgIpc) is 3.33. The van der Waals surface area contributed by atoms with Gasteiger partial charge in [0.1, 0.15) is 28.8 Å². The maximum Gasteiger partial charge on any atom is 0.264 e. The molecule has 158 valence electrons. The van der Waals surface area contributed by atoms with E-state index in [1.807, 2.05) is 37.4 Å². The number of nitrogens with one attached hydrogen (secondary N) is 1. The SMILES string of the molecule is CSc1nn(CC(=O)Nc2cccc(F)c2)c(N)c1-c1nc(-c2cccc(C)c2)no1. The zero-order chi connectivity index (χ0) is 22.0. The summed E-state index contributed by atoms with van der Waals surface area (Å²) in [7, 11) is 0. The molecule has 0 fully saturated rings. The Labute approximate surface area is 181 Å². The molecule has 0 aliphatic rings. The highest BCUT2D eigenvalue weighted by Crippen LogP contribution is 2.34. The van der Waals surface area contributed by atoms with Gasteiger partial charge in [-0.15, -0.1) is 11.8 Å². The summed E-state index contributed by atoms with van der Waals surface area (Å²) in [6, 6.07) is 13.4. The minimum Gasteiger partial charge on any atom is -0.383 e. The fourth-order valence-electron chi connectivity index (χ4n) is 3.05. The summed E-state index contributed by atoms with van der Waals surface area (Å²) >= 11 is 1.34. The molecule has 0 atom stereocenters.